The molecule has 2 N–H and O–H groups in total. The minimum atomic E-state index is -0.569. The summed E-state index contributed by atoms with van der Waals surface area (Å²) in [5.74, 6) is -0.514. The molecule has 0 bridgehead atoms. The zero-order chi connectivity index (χ0) is 19.1. The summed E-state index contributed by atoms with van der Waals surface area (Å²) in [6.07, 6.45) is -0.000341. The van der Waals surface area contributed by atoms with Gasteiger partial charge < -0.3 is 15.0 Å². The lowest BCUT2D eigenvalue weighted by Crippen LogP contribution is -2.17. The van der Waals surface area contributed by atoms with Gasteiger partial charge in [0, 0.05) is 12.1 Å². The molecule has 138 valence electrons. The van der Waals surface area contributed by atoms with Crippen LogP contribution in [-0.2, 0) is 16.1 Å². The number of ether oxygens (including phenoxy) is 1. The Labute approximate surface area is 153 Å². The molecule has 26 heavy (non-hydrogen) atoms. The second kappa shape index (κ2) is 9.11. The first-order chi connectivity index (χ1) is 12.3. The van der Waals surface area contributed by atoms with Crippen molar-refractivity contribution in [3.05, 3.63) is 56.5 Å². The first-order valence-corrected chi connectivity index (χ1v) is 8.71. The van der Waals surface area contributed by atoms with Gasteiger partial charge in [-0.1, -0.05) is 23.9 Å². The van der Waals surface area contributed by atoms with Gasteiger partial charge in [-0.05, 0) is 19.9 Å². The summed E-state index contributed by atoms with van der Waals surface area (Å²) in [5.41, 5.74) is 0.0434. The van der Waals surface area contributed by atoms with Gasteiger partial charge in [0.2, 0.25) is 5.91 Å². The molecule has 0 saturated heterocycles. The molecule has 1 aromatic heterocycles. The number of hydrogen-bond acceptors (Lipinski definition) is 7. The van der Waals surface area contributed by atoms with Gasteiger partial charge in [0.25, 0.3) is 11.2 Å². The third-order valence-electron chi connectivity index (χ3n) is 3.05. The zero-order valence-corrected chi connectivity index (χ0v) is 15.0. The lowest BCUT2D eigenvalue weighted by Gasteiger charge is -2.08. The minimum Gasteiger partial charge on any atom is -0.373 e. The molecule has 10 heteroatoms. The molecule has 0 radical (unpaired) electrons. The predicted molar refractivity (Wildman–Crippen MR) is 97.2 cm³/mol. The second-order valence-electron chi connectivity index (χ2n) is 5.51. The van der Waals surface area contributed by atoms with Gasteiger partial charge in [0.1, 0.15) is 5.69 Å². The number of anilines is 1. The van der Waals surface area contributed by atoms with E-state index in [4.69, 9.17) is 4.74 Å². The number of nitro benzene ring substituents is 1. The number of carbonyl (C=O) groups is 1. The van der Waals surface area contributed by atoms with Crippen LogP contribution in [0.15, 0.2) is 40.3 Å². The number of hydrogen-bond donors (Lipinski definition) is 2. The molecule has 0 fully saturated rings. The molecule has 0 atom stereocenters. The van der Waals surface area contributed by atoms with Crippen molar-refractivity contribution in [2.24, 2.45) is 0 Å². The molecule has 0 saturated carbocycles. The van der Waals surface area contributed by atoms with E-state index >= 15 is 0 Å². The minimum absolute atomic E-state index is 0.000341. The number of rotatable bonds is 8. The van der Waals surface area contributed by atoms with Crippen LogP contribution in [0.5, 0.6) is 0 Å². The molecule has 0 aliphatic heterocycles. The average molecular weight is 378 g/mol. The van der Waals surface area contributed by atoms with Crippen LogP contribution in [0.1, 0.15) is 19.5 Å². The number of aromatic amines is 1. The van der Waals surface area contributed by atoms with E-state index in [0.717, 1.165) is 11.8 Å². The molecule has 9 nitrogen and oxygen atoms in total. The molecule has 0 aliphatic carbocycles. The number of nitrogens with zero attached hydrogens (tertiary/aromatic N) is 2. The molecular formula is C16H18N4O5S. The van der Waals surface area contributed by atoms with Crippen molar-refractivity contribution in [3.63, 3.8) is 0 Å². The zero-order valence-electron chi connectivity index (χ0n) is 14.2. The molecular weight excluding hydrogens is 360 g/mol. The molecule has 1 amide bonds. The van der Waals surface area contributed by atoms with E-state index in [1.807, 2.05) is 13.8 Å². The largest absolute Gasteiger partial charge is 0.373 e. The highest BCUT2D eigenvalue weighted by molar-refractivity contribution is 7.99. The number of benzene rings is 1. The highest BCUT2D eigenvalue weighted by Crippen LogP contribution is 2.23. The van der Waals surface area contributed by atoms with Crippen molar-refractivity contribution in [1.82, 2.24) is 9.97 Å². The summed E-state index contributed by atoms with van der Waals surface area (Å²) in [5, 5.41) is 13.7. The topological polar surface area (TPSA) is 127 Å². The van der Waals surface area contributed by atoms with Crippen molar-refractivity contribution in [3.8, 4) is 0 Å². The number of para-hydroxylation sites is 2. The van der Waals surface area contributed by atoms with Crippen LogP contribution in [0, 0.1) is 10.1 Å². The molecule has 0 spiro atoms. The molecule has 0 unspecified atom stereocenters. The van der Waals surface area contributed by atoms with Gasteiger partial charge in [0.15, 0.2) is 5.16 Å². The first-order valence-electron chi connectivity index (χ1n) is 7.73. The van der Waals surface area contributed by atoms with Gasteiger partial charge in [-0.15, -0.1) is 0 Å². The molecule has 1 aromatic carbocycles. The Bertz CT molecular complexity index is 853. The number of carbonyl (C=O) groups excluding carboxylic acids is 1. The van der Waals surface area contributed by atoms with E-state index in [1.165, 1.54) is 24.3 Å². The van der Waals surface area contributed by atoms with Crippen LogP contribution in [0.4, 0.5) is 11.4 Å². The lowest BCUT2D eigenvalue weighted by molar-refractivity contribution is -0.383. The Morgan fingerprint density at radius 1 is 1.42 bits per heavy atom. The Kier molecular flexibility index (Phi) is 6.87. The van der Waals surface area contributed by atoms with Crippen molar-refractivity contribution in [2.75, 3.05) is 11.1 Å². The molecule has 0 aliphatic rings. The number of aromatic nitrogens is 2. The fourth-order valence-electron chi connectivity index (χ4n) is 1.94. The summed E-state index contributed by atoms with van der Waals surface area (Å²) >= 11 is 1.02. The van der Waals surface area contributed by atoms with Crippen LogP contribution < -0.4 is 10.9 Å². The maximum atomic E-state index is 12.0. The van der Waals surface area contributed by atoms with Crippen LogP contribution in [0.2, 0.25) is 0 Å². The van der Waals surface area contributed by atoms with Crippen molar-refractivity contribution < 1.29 is 14.5 Å². The van der Waals surface area contributed by atoms with Crippen LogP contribution >= 0.6 is 11.8 Å². The van der Waals surface area contributed by atoms with Gasteiger partial charge in [-0.2, -0.15) is 0 Å². The Hall–Kier alpha value is -2.72. The van der Waals surface area contributed by atoms with Crippen molar-refractivity contribution in [1.29, 1.82) is 0 Å². The highest BCUT2D eigenvalue weighted by Gasteiger charge is 2.15. The number of nitrogens with one attached hydrogen (secondary N) is 2. The Morgan fingerprint density at radius 3 is 2.85 bits per heavy atom. The van der Waals surface area contributed by atoms with E-state index in [1.54, 1.807) is 6.07 Å². The third-order valence-corrected chi connectivity index (χ3v) is 3.93. The second-order valence-corrected chi connectivity index (χ2v) is 6.48. The number of nitro groups is 1. The smallest absolute Gasteiger partial charge is 0.292 e. The van der Waals surface area contributed by atoms with E-state index in [2.05, 4.69) is 15.3 Å². The quantitative estimate of drug-likeness (QED) is 0.312. The Balaban J connectivity index is 1.99. The summed E-state index contributed by atoms with van der Waals surface area (Å²) < 4.78 is 5.41. The molecule has 1 heterocycles. The molecule has 2 rings (SSSR count). The fraction of sp³-hybridized carbons (Fsp3) is 0.312. The third kappa shape index (κ3) is 5.97. The predicted octanol–water partition coefficient (Wildman–Crippen LogP) is 2.33. The van der Waals surface area contributed by atoms with Crippen LogP contribution in [-0.4, -0.2) is 32.7 Å². The summed E-state index contributed by atoms with van der Waals surface area (Å²) in [6.45, 7) is 3.93. The van der Waals surface area contributed by atoms with E-state index in [9.17, 15) is 19.7 Å². The van der Waals surface area contributed by atoms with Gasteiger partial charge >= 0.3 is 0 Å². The van der Waals surface area contributed by atoms with Gasteiger partial charge in [-0.3, -0.25) is 19.7 Å². The van der Waals surface area contributed by atoms with Crippen molar-refractivity contribution >= 4 is 29.0 Å². The van der Waals surface area contributed by atoms with E-state index < -0.39 is 10.8 Å². The Morgan fingerprint density at radius 2 is 2.15 bits per heavy atom. The van der Waals surface area contributed by atoms with Gasteiger partial charge in [0.05, 0.1) is 29.1 Å². The van der Waals surface area contributed by atoms with Crippen molar-refractivity contribution in [2.45, 2.75) is 31.7 Å². The highest BCUT2D eigenvalue weighted by atomic mass is 32.2. The lowest BCUT2D eigenvalue weighted by atomic mass is 10.2. The SMILES string of the molecule is CC(C)OCc1cc(=O)[nH]c(SCC(=O)Nc2ccccc2[N+](=O)[O-])n1. The standard InChI is InChI=1S/C16H18N4O5S/c1-10(2)25-8-11-7-14(21)19-16(17-11)26-9-15(22)18-12-5-3-4-6-13(12)20(23)24/h3-7,10H,8-9H2,1-2H3,(H,18,22)(H,17,19,21). The molecule has 2 aromatic rings. The fourth-order valence-corrected chi connectivity index (χ4v) is 2.63. The van der Waals surface area contributed by atoms with Crippen LogP contribution in [0.25, 0.3) is 0 Å². The van der Waals surface area contributed by atoms with Crippen LogP contribution in [0.3, 0.4) is 0 Å². The normalized spacial score (nSPS) is 10.7. The summed E-state index contributed by atoms with van der Waals surface area (Å²) in [7, 11) is 0. The summed E-state index contributed by atoms with van der Waals surface area (Å²) in [4.78, 5) is 40.9. The first kappa shape index (κ1) is 19.6. The average Bonchev–Trinajstić information content (AvgIpc) is 2.58. The van der Waals surface area contributed by atoms with Gasteiger partial charge in [-0.25, -0.2) is 4.98 Å². The van der Waals surface area contributed by atoms with E-state index in [-0.39, 0.29) is 40.6 Å². The van der Waals surface area contributed by atoms with E-state index in [0.29, 0.717) is 5.69 Å². The maximum Gasteiger partial charge on any atom is 0.292 e. The number of amides is 1. The summed E-state index contributed by atoms with van der Waals surface area (Å²) in [6, 6.07) is 7.19. The number of H-pyrrole nitrogens is 1. The number of thioether (sulfide) groups is 1. The monoisotopic (exact) mass is 378 g/mol. The maximum absolute atomic E-state index is 12.0.